The molecule has 2 aromatic heterocycles. The van der Waals surface area contributed by atoms with E-state index < -0.39 is 0 Å². The van der Waals surface area contributed by atoms with Crippen molar-refractivity contribution in [2.75, 3.05) is 18.0 Å². The van der Waals surface area contributed by atoms with Gasteiger partial charge in [-0.15, -0.1) is 5.10 Å². The van der Waals surface area contributed by atoms with Crippen LogP contribution in [0, 0.1) is 0 Å². The molecule has 4 rings (SSSR count). The third-order valence-corrected chi connectivity index (χ3v) is 4.14. The fourth-order valence-corrected chi connectivity index (χ4v) is 2.97. The number of nitrogens with zero attached hydrogens (tertiary/aromatic N) is 6. The SMILES string of the molecule is O=C(Cn1cnnn1)NCC1CCCN1c1nc2ccccc2o1. The highest BCUT2D eigenvalue weighted by atomic mass is 16.4. The number of oxazole rings is 1. The summed E-state index contributed by atoms with van der Waals surface area (Å²) in [7, 11) is 0. The van der Waals surface area contributed by atoms with Crippen LogP contribution in [0.2, 0.25) is 0 Å². The molecule has 1 fully saturated rings. The zero-order chi connectivity index (χ0) is 16.4. The zero-order valence-electron chi connectivity index (χ0n) is 13.0. The lowest BCUT2D eigenvalue weighted by molar-refractivity contribution is -0.121. The van der Waals surface area contributed by atoms with Crippen molar-refractivity contribution in [1.82, 2.24) is 30.5 Å². The smallest absolute Gasteiger partial charge is 0.298 e. The van der Waals surface area contributed by atoms with E-state index in [0.29, 0.717) is 12.6 Å². The Morgan fingerprint density at radius 2 is 2.29 bits per heavy atom. The molecule has 1 saturated heterocycles. The van der Waals surface area contributed by atoms with E-state index >= 15 is 0 Å². The summed E-state index contributed by atoms with van der Waals surface area (Å²) in [6.45, 7) is 1.53. The summed E-state index contributed by atoms with van der Waals surface area (Å²) in [6.07, 6.45) is 3.45. The molecule has 0 aliphatic carbocycles. The average Bonchev–Trinajstić information content (AvgIpc) is 3.32. The van der Waals surface area contributed by atoms with Crippen molar-refractivity contribution < 1.29 is 9.21 Å². The van der Waals surface area contributed by atoms with Crippen molar-refractivity contribution >= 4 is 23.0 Å². The van der Waals surface area contributed by atoms with Crippen LogP contribution in [0.4, 0.5) is 6.01 Å². The summed E-state index contributed by atoms with van der Waals surface area (Å²) < 4.78 is 7.24. The van der Waals surface area contributed by atoms with Crippen molar-refractivity contribution in [3.8, 4) is 0 Å². The molecule has 1 aromatic carbocycles. The first kappa shape index (κ1) is 14.6. The van der Waals surface area contributed by atoms with E-state index in [-0.39, 0.29) is 18.5 Å². The molecule has 1 unspecified atom stereocenters. The Balaban J connectivity index is 1.40. The van der Waals surface area contributed by atoms with Gasteiger partial charge in [0.2, 0.25) is 5.91 Å². The Bertz CT molecular complexity index is 796. The molecule has 1 aliphatic heterocycles. The topological polar surface area (TPSA) is 102 Å². The van der Waals surface area contributed by atoms with Gasteiger partial charge in [0, 0.05) is 13.1 Å². The minimum Gasteiger partial charge on any atom is -0.423 e. The third kappa shape index (κ3) is 2.92. The number of anilines is 1. The van der Waals surface area contributed by atoms with Gasteiger partial charge in [-0.1, -0.05) is 12.1 Å². The highest BCUT2D eigenvalue weighted by Crippen LogP contribution is 2.27. The number of hydrogen-bond donors (Lipinski definition) is 1. The summed E-state index contributed by atoms with van der Waals surface area (Å²) in [5.74, 6) is -0.119. The van der Waals surface area contributed by atoms with Crippen molar-refractivity contribution in [3.63, 3.8) is 0 Å². The second kappa shape index (κ2) is 6.26. The number of rotatable bonds is 5. The largest absolute Gasteiger partial charge is 0.423 e. The summed E-state index contributed by atoms with van der Waals surface area (Å²) >= 11 is 0. The fourth-order valence-electron chi connectivity index (χ4n) is 2.97. The molecule has 0 radical (unpaired) electrons. The van der Waals surface area contributed by atoms with Gasteiger partial charge >= 0.3 is 0 Å². The Hall–Kier alpha value is -2.97. The highest BCUT2D eigenvalue weighted by Gasteiger charge is 2.28. The number of benzene rings is 1. The third-order valence-electron chi connectivity index (χ3n) is 4.14. The molecule has 0 saturated carbocycles. The first-order valence-electron chi connectivity index (χ1n) is 7.89. The van der Waals surface area contributed by atoms with Crippen LogP contribution in [-0.2, 0) is 11.3 Å². The standard InChI is InChI=1S/C15H17N7O2/c23-14(9-21-10-17-19-20-21)16-8-11-4-3-7-22(11)15-18-12-5-1-2-6-13(12)24-15/h1-2,5-6,10-11H,3-4,7-9H2,(H,16,23). The van der Waals surface area contributed by atoms with Gasteiger partial charge in [-0.2, -0.15) is 4.98 Å². The molecule has 3 aromatic rings. The summed E-state index contributed by atoms with van der Waals surface area (Å²) in [5.41, 5.74) is 1.63. The molecular formula is C15H17N7O2. The van der Waals surface area contributed by atoms with E-state index in [0.717, 1.165) is 30.5 Å². The van der Waals surface area contributed by atoms with E-state index in [4.69, 9.17) is 4.42 Å². The lowest BCUT2D eigenvalue weighted by atomic mass is 10.2. The predicted molar refractivity (Wildman–Crippen MR) is 85.2 cm³/mol. The maximum atomic E-state index is 12.0. The Labute approximate surface area is 137 Å². The van der Waals surface area contributed by atoms with E-state index in [2.05, 4.69) is 30.7 Å². The minimum absolute atomic E-state index is 0.114. The van der Waals surface area contributed by atoms with E-state index in [1.54, 1.807) is 0 Å². The van der Waals surface area contributed by atoms with Crippen LogP contribution in [0.15, 0.2) is 35.0 Å². The number of fused-ring (bicyclic) bond motifs is 1. The molecule has 1 aliphatic rings. The fraction of sp³-hybridized carbons (Fsp3) is 0.400. The normalized spacial score (nSPS) is 17.5. The summed E-state index contributed by atoms with van der Waals surface area (Å²) in [4.78, 5) is 18.6. The predicted octanol–water partition coefficient (Wildman–Crippen LogP) is 0.600. The van der Waals surface area contributed by atoms with Gasteiger partial charge in [0.05, 0.1) is 6.04 Å². The van der Waals surface area contributed by atoms with Gasteiger partial charge in [0.25, 0.3) is 6.01 Å². The monoisotopic (exact) mass is 327 g/mol. The number of nitrogens with one attached hydrogen (secondary N) is 1. The van der Waals surface area contributed by atoms with Crippen LogP contribution >= 0.6 is 0 Å². The molecule has 9 nitrogen and oxygen atoms in total. The van der Waals surface area contributed by atoms with Gasteiger partial charge in [0.15, 0.2) is 5.58 Å². The number of tetrazole rings is 1. The van der Waals surface area contributed by atoms with Crippen LogP contribution in [0.5, 0.6) is 0 Å². The maximum absolute atomic E-state index is 12.0. The Morgan fingerprint density at radius 1 is 1.38 bits per heavy atom. The maximum Gasteiger partial charge on any atom is 0.298 e. The van der Waals surface area contributed by atoms with E-state index in [9.17, 15) is 4.79 Å². The Morgan fingerprint density at radius 3 is 3.12 bits per heavy atom. The molecule has 1 atom stereocenters. The second-order valence-corrected chi connectivity index (χ2v) is 5.77. The number of carbonyl (C=O) groups excluding carboxylic acids is 1. The molecule has 0 spiro atoms. The lowest BCUT2D eigenvalue weighted by Crippen LogP contribution is -2.41. The van der Waals surface area contributed by atoms with Crippen molar-refractivity contribution in [1.29, 1.82) is 0 Å². The van der Waals surface area contributed by atoms with Crippen molar-refractivity contribution in [2.24, 2.45) is 0 Å². The van der Waals surface area contributed by atoms with E-state index in [1.807, 2.05) is 24.3 Å². The second-order valence-electron chi connectivity index (χ2n) is 5.77. The van der Waals surface area contributed by atoms with Gasteiger partial charge in [0.1, 0.15) is 18.4 Å². The molecule has 1 N–H and O–H groups in total. The molecular weight excluding hydrogens is 310 g/mol. The molecule has 9 heteroatoms. The van der Waals surface area contributed by atoms with Crippen LogP contribution in [0.3, 0.4) is 0 Å². The van der Waals surface area contributed by atoms with E-state index in [1.165, 1.54) is 11.0 Å². The van der Waals surface area contributed by atoms with Crippen LogP contribution < -0.4 is 10.2 Å². The number of carbonyl (C=O) groups is 1. The molecule has 3 heterocycles. The van der Waals surface area contributed by atoms with Crippen LogP contribution in [-0.4, -0.2) is 50.2 Å². The first-order valence-corrected chi connectivity index (χ1v) is 7.89. The molecule has 1 amide bonds. The first-order chi connectivity index (χ1) is 11.8. The number of aromatic nitrogens is 5. The molecule has 124 valence electrons. The average molecular weight is 327 g/mol. The summed E-state index contributed by atoms with van der Waals surface area (Å²) in [5, 5.41) is 13.6. The van der Waals surface area contributed by atoms with Gasteiger partial charge < -0.3 is 14.6 Å². The molecule has 0 bridgehead atoms. The molecule has 24 heavy (non-hydrogen) atoms. The van der Waals surface area contributed by atoms with Gasteiger partial charge in [-0.3, -0.25) is 4.79 Å². The lowest BCUT2D eigenvalue weighted by Gasteiger charge is -2.22. The number of amides is 1. The summed E-state index contributed by atoms with van der Waals surface area (Å²) in [6, 6.07) is 8.50. The number of hydrogen-bond acceptors (Lipinski definition) is 7. The number of para-hydroxylation sites is 2. The van der Waals surface area contributed by atoms with Gasteiger partial charge in [-0.25, -0.2) is 4.68 Å². The highest BCUT2D eigenvalue weighted by molar-refractivity contribution is 5.76. The van der Waals surface area contributed by atoms with Gasteiger partial charge in [-0.05, 0) is 35.4 Å². The Kier molecular flexibility index (Phi) is 3.81. The van der Waals surface area contributed by atoms with Crippen LogP contribution in [0.25, 0.3) is 11.1 Å². The quantitative estimate of drug-likeness (QED) is 0.732. The van der Waals surface area contributed by atoms with Crippen molar-refractivity contribution in [2.45, 2.75) is 25.4 Å². The van der Waals surface area contributed by atoms with Crippen molar-refractivity contribution in [3.05, 3.63) is 30.6 Å². The zero-order valence-corrected chi connectivity index (χ0v) is 13.0. The van der Waals surface area contributed by atoms with Crippen LogP contribution in [0.1, 0.15) is 12.8 Å². The minimum atomic E-state index is -0.119.